The number of hydrogen-bond acceptors (Lipinski definition) is 4. The Labute approximate surface area is 132 Å². The lowest BCUT2D eigenvalue weighted by molar-refractivity contribution is -0.115. The van der Waals surface area contributed by atoms with Gasteiger partial charge in [0.05, 0.1) is 4.90 Å². The van der Waals surface area contributed by atoms with Crippen molar-refractivity contribution in [1.29, 1.82) is 0 Å². The molecule has 0 fully saturated rings. The Morgan fingerprint density at radius 1 is 1.19 bits per heavy atom. The van der Waals surface area contributed by atoms with E-state index in [0.717, 1.165) is 6.42 Å². The van der Waals surface area contributed by atoms with Crippen LogP contribution in [0.3, 0.4) is 0 Å². The van der Waals surface area contributed by atoms with Crippen LogP contribution in [0.4, 0.5) is 5.69 Å². The van der Waals surface area contributed by atoms with E-state index < -0.39 is 10.0 Å². The molecule has 0 heterocycles. The predicted octanol–water partition coefficient (Wildman–Crippen LogP) is 1.47. The van der Waals surface area contributed by atoms with Gasteiger partial charge in [0.1, 0.15) is 0 Å². The molecule has 1 aromatic carbocycles. The molecular weight excluding hydrogens is 314 g/mol. The second-order valence-electron chi connectivity index (χ2n) is 4.32. The third-order valence-electron chi connectivity index (χ3n) is 2.69. The molecule has 0 bridgehead atoms. The zero-order valence-electron chi connectivity index (χ0n) is 12.0. The van der Waals surface area contributed by atoms with Crippen molar-refractivity contribution in [2.45, 2.75) is 31.1 Å². The molecule has 1 amide bonds. The van der Waals surface area contributed by atoms with Crippen molar-refractivity contribution in [1.82, 2.24) is 4.72 Å². The minimum Gasteiger partial charge on any atom is -0.330 e. The average Bonchev–Trinajstić information content (AvgIpc) is 2.44. The second-order valence-corrected chi connectivity index (χ2v) is 6.09. The van der Waals surface area contributed by atoms with Crippen LogP contribution in [0, 0.1) is 0 Å². The fourth-order valence-electron chi connectivity index (χ4n) is 1.53. The van der Waals surface area contributed by atoms with Gasteiger partial charge in [-0.2, -0.15) is 0 Å². The molecule has 0 aliphatic rings. The lowest BCUT2D eigenvalue weighted by Crippen LogP contribution is -2.25. The number of benzene rings is 1. The van der Waals surface area contributed by atoms with Crippen LogP contribution in [0.15, 0.2) is 29.2 Å². The SMILES string of the molecule is CCC(=O)Nc1ccc(S(=O)(=O)NCCCCN)cc1.Cl. The molecule has 21 heavy (non-hydrogen) atoms. The van der Waals surface area contributed by atoms with Crippen molar-refractivity contribution >= 4 is 34.0 Å². The highest BCUT2D eigenvalue weighted by molar-refractivity contribution is 7.89. The van der Waals surface area contributed by atoms with E-state index in [0.29, 0.717) is 31.6 Å². The number of hydrogen-bond donors (Lipinski definition) is 3. The minimum atomic E-state index is -3.50. The highest BCUT2D eigenvalue weighted by Crippen LogP contribution is 2.14. The third kappa shape index (κ3) is 6.90. The van der Waals surface area contributed by atoms with Gasteiger partial charge < -0.3 is 11.1 Å². The largest absolute Gasteiger partial charge is 0.330 e. The Bertz CT molecular complexity index is 532. The normalized spacial score (nSPS) is 10.8. The number of carbonyl (C=O) groups excluding carboxylic acids is 1. The number of carbonyl (C=O) groups is 1. The molecule has 1 rings (SSSR count). The fourth-order valence-corrected chi connectivity index (χ4v) is 2.60. The number of nitrogens with two attached hydrogens (primary N) is 1. The van der Waals surface area contributed by atoms with E-state index in [2.05, 4.69) is 10.0 Å². The van der Waals surface area contributed by atoms with Gasteiger partial charge in [-0.3, -0.25) is 4.79 Å². The summed E-state index contributed by atoms with van der Waals surface area (Å²) < 4.78 is 26.4. The zero-order chi connectivity index (χ0) is 15.0. The lowest BCUT2D eigenvalue weighted by atomic mass is 10.3. The highest BCUT2D eigenvalue weighted by Gasteiger charge is 2.12. The van der Waals surface area contributed by atoms with E-state index in [1.807, 2.05) is 0 Å². The number of amides is 1. The van der Waals surface area contributed by atoms with Gasteiger partial charge in [0.25, 0.3) is 0 Å². The summed E-state index contributed by atoms with van der Waals surface area (Å²) in [5.41, 5.74) is 5.93. The Kier molecular flexibility index (Phi) is 9.19. The van der Waals surface area contributed by atoms with Gasteiger partial charge in [-0.25, -0.2) is 13.1 Å². The maximum Gasteiger partial charge on any atom is 0.240 e. The molecular formula is C13H22ClN3O3S. The fraction of sp³-hybridized carbons (Fsp3) is 0.462. The van der Waals surface area contributed by atoms with Crippen LogP contribution < -0.4 is 15.8 Å². The van der Waals surface area contributed by atoms with Crippen molar-refractivity contribution in [3.63, 3.8) is 0 Å². The van der Waals surface area contributed by atoms with Crippen molar-refractivity contribution in [3.8, 4) is 0 Å². The average molecular weight is 336 g/mol. The molecule has 0 aliphatic heterocycles. The molecule has 8 heteroatoms. The van der Waals surface area contributed by atoms with E-state index in [1.165, 1.54) is 12.1 Å². The summed E-state index contributed by atoms with van der Waals surface area (Å²) in [6, 6.07) is 6.08. The molecule has 6 nitrogen and oxygen atoms in total. The first kappa shape index (κ1) is 19.9. The van der Waals surface area contributed by atoms with Crippen molar-refractivity contribution in [2.24, 2.45) is 5.73 Å². The molecule has 0 aromatic heterocycles. The molecule has 120 valence electrons. The van der Waals surface area contributed by atoms with Crippen molar-refractivity contribution in [2.75, 3.05) is 18.4 Å². The Hall–Kier alpha value is -1.15. The molecule has 0 saturated heterocycles. The molecule has 1 aromatic rings. The number of sulfonamides is 1. The zero-order valence-corrected chi connectivity index (χ0v) is 13.6. The lowest BCUT2D eigenvalue weighted by Gasteiger charge is -2.08. The van der Waals surface area contributed by atoms with Crippen molar-refractivity contribution in [3.05, 3.63) is 24.3 Å². The van der Waals surface area contributed by atoms with Crippen LogP contribution in [0.1, 0.15) is 26.2 Å². The summed E-state index contributed by atoms with van der Waals surface area (Å²) in [6.45, 7) is 2.67. The van der Waals surface area contributed by atoms with E-state index >= 15 is 0 Å². The summed E-state index contributed by atoms with van der Waals surface area (Å²) in [4.78, 5) is 11.4. The van der Waals surface area contributed by atoms with Crippen LogP contribution in [-0.2, 0) is 14.8 Å². The standard InChI is InChI=1S/C13H21N3O3S.ClH/c1-2-13(17)16-11-5-7-12(8-6-11)20(18,19)15-10-4-3-9-14;/h5-8,15H,2-4,9-10,14H2,1H3,(H,16,17);1H. The van der Waals surface area contributed by atoms with Crippen LogP contribution in [0.5, 0.6) is 0 Å². The Morgan fingerprint density at radius 3 is 2.33 bits per heavy atom. The van der Waals surface area contributed by atoms with Crippen LogP contribution in [-0.4, -0.2) is 27.4 Å². The maximum absolute atomic E-state index is 12.0. The van der Waals surface area contributed by atoms with Gasteiger partial charge in [0, 0.05) is 18.7 Å². The molecule has 0 spiro atoms. The summed E-state index contributed by atoms with van der Waals surface area (Å²) in [7, 11) is -3.50. The van der Waals surface area contributed by atoms with E-state index in [1.54, 1.807) is 19.1 Å². The van der Waals surface area contributed by atoms with Gasteiger partial charge in [0.15, 0.2) is 0 Å². The first-order valence-electron chi connectivity index (χ1n) is 6.59. The van der Waals surface area contributed by atoms with E-state index in [9.17, 15) is 13.2 Å². The molecule has 0 aliphatic carbocycles. The van der Waals surface area contributed by atoms with Gasteiger partial charge in [-0.05, 0) is 43.7 Å². The topological polar surface area (TPSA) is 101 Å². The quantitative estimate of drug-likeness (QED) is 0.626. The second kappa shape index (κ2) is 9.73. The maximum atomic E-state index is 12.0. The minimum absolute atomic E-state index is 0. The first-order valence-corrected chi connectivity index (χ1v) is 8.07. The first-order chi connectivity index (χ1) is 9.49. The molecule has 0 unspecified atom stereocenters. The van der Waals surface area contributed by atoms with Crippen LogP contribution in [0.25, 0.3) is 0 Å². The number of rotatable bonds is 8. The molecule has 0 radical (unpaired) electrons. The summed E-state index contributed by atoms with van der Waals surface area (Å²) in [5.74, 6) is -0.111. The van der Waals surface area contributed by atoms with Crippen LogP contribution in [0.2, 0.25) is 0 Å². The van der Waals surface area contributed by atoms with Gasteiger partial charge in [-0.15, -0.1) is 12.4 Å². The van der Waals surface area contributed by atoms with Gasteiger partial charge in [0.2, 0.25) is 15.9 Å². The number of halogens is 1. The predicted molar refractivity (Wildman–Crippen MR) is 86.1 cm³/mol. The number of unbranched alkanes of at least 4 members (excludes halogenated alkanes) is 1. The summed E-state index contributed by atoms with van der Waals surface area (Å²) in [6.07, 6.45) is 1.87. The van der Waals surface area contributed by atoms with E-state index in [4.69, 9.17) is 5.73 Å². The van der Waals surface area contributed by atoms with Crippen LogP contribution >= 0.6 is 12.4 Å². The van der Waals surface area contributed by atoms with E-state index in [-0.39, 0.29) is 23.2 Å². The molecule has 0 atom stereocenters. The summed E-state index contributed by atoms with van der Waals surface area (Å²) in [5, 5.41) is 2.66. The monoisotopic (exact) mass is 335 g/mol. The smallest absolute Gasteiger partial charge is 0.240 e. The van der Waals surface area contributed by atoms with Gasteiger partial charge >= 0.3 is 0 Å². The summed E-state index contributed by atoms with van der Waals surface area (Å²) >= 11 is 0. The number of nitrogens with one attached hydrogen (secondary N) is 2. The molecule has 4 N–H and O–H groups in total. The third-order valence-corrected chi connectivity index (χ3v) is 4.17. The number of anilines is 1. The Balaban J connectivity index is 0.00000400. The Morgan fingerprint density at radius 2 is 1.81 bits per heavy atom. The molecule has 0 saturated carbocycles. The van der Waals surface area contributed by atoms with Gasteiger partial charge in [-0.1, -0.05) is 6.92 Å². The highest BCUT2D eigenvalue weighted by atomic mass is 35.5. The van der Waals surface area contributed by atoms with Crippen molar-refractivity contribution < 1.29 is 13.2 Å².